The maximum Gasteiger partial charge on any atom is 0.185 e. The van der Waals surface area contributed by atoms with Crippen molar-refractivity contribution in [2.75, 3.05) is 26.2 Å². The molecule has 0 rings (SSSR count). The smallest absolute Gasteiger partial charge is 0.185 e. The van der Waals surface area contributed by atoms with Crippen LogP contribution in [0, 0.1) is 11.8 Å². The molecule has 2 atom stereocenters. The second kappa shape index (κ2) is 14.6. The van der Waals surface area contributed by atoms with Gasteiger partial charge in [0.1, 0.15) is 0 Å². The molecule has 0 spiro atoms. The van der Waals surface area contributed by atoms with E-state index in [0.717, 1.165) is 11.8 Å². The lowest BCUT2D eigenvalue weighted by Gasteiger charge is -2.28. The first-order valence-corrected chi connectivity index (χ1v) is 9.94. The largest absolute Gasteiger partial charge is 0.347 e. The van der Waals surface area contributed by atoms with Crippen LogP contribution >= 0.6 is 0 Å². The Labute approximate surface area is 143 Å². The molecule has 0 aliphatic heterocycles. The molecular formula is C18H42B2N2. The molecule has 130 valence electrons. The Morgan fingerprint density at radius 2 is 1.05 bits per heavy atom. The van der Waals surface area contributed by atoms with Crippen molar-refractivity contribution in [3.05, 3.63) is 0 Å². The third-order valence-corrected chi connectivity index (χ3v) is 5.09. The highest BCUT2D eigenvalue weighted by molar-refractivity contribution is 6.05. The van der Waals surface area contributed by atoms with Gasteiger partial charge in [-0.2, -0.15) is 0 Å². The van der Waals surface area contributed by atoms with E-state index in [1.54, 1.807) is 0 Å². The van der Waals surface area contributed by atoms with Crippen molar-refractivity contribution in [3.63, 3.8) is 0 Å². The molecule has 22 heavy (non-hydrogen) atoms. The highest BCUT2D eigenvalue weighted by Gasteiger charge is 2.12. The third-order valence-electron chi connectivity index (χ3n) is 5.09. The molecule has 0 aromatic heterocycles. The van der Waals surface area contributed by atoms with Gasteiger partial charge in [-0.25, -0.2) is 0 Å². The van der Waals surface area contributed by atoms with Gasteiger partial charge in [-0.3, -0.25) is 0 Å². The Morgan fingerprint density at radius 1 is 0.682 bits per heavy atom. The van der Waals surface area contributed by atoms with Crippen LogP contribution in [0.1, 0.15) is 79.1 Å². The molecule has 0 bridgehead atoms. The van der Waals surface area contributed by atoms with Crippen molar-refractivity contribution in [3.8, 4) is 0 Å². The van der Waals surface area contributed by atoms with E-state index in [0.29, 0.717) is 0 Å². The van der Waals surface area contributed by atoms with Gasteiger partial charge in [-0.1, -0.05) is 66.2 Å². The number of hydrogen-bond acceptors (Lipinski definition) is 2. The lowest BCUT2D eigenvalue weighted by atomic mass is 9.97. The van der Waals surface area contributed by atoms with Gasteiger partial charge in [0.05, 0.1) is 0 Å². The zero-order chi connectivity index (χ0) is 16.8. The minimum Gasteiger partial charge on any atom is -0.347 e. The van der Waals surface area contributed by atoms with E-state index in [9.17, 15) is 0 Å². The standard InChI is InChI=1S/C18H42B2N2/c1-5-9-11-17(7-3)15-21(19)13-14-22(20)16-18(8-4)12-10-6-2/h17-18H,5-16,19-20H2,1-4H3. The molecule has 0 saturated carbocycles. The lowest BCUT2D eigenvalue weighted by molar-refractivity contribution is 0.283. The Balaban J connectivity index is 3.93. The molecule has 4 heteroatoms. The van der Waals surface area contributed by atoms with Crippen LogP contribution in [0.4, 0.5) is 0 Å². The van der Waals surface area contributed by atoms with E-state index in [1.807, 2.05) is 0 Å². The normalized spacial score (nSPS) is 14.6. The summed E-state index contributed by atoms with van der Waals surface area (Å²) in [5.74, 6) is 1.78. The average Bonchev–Trinajstić information content (AvgIpc) is 2.53. The van der Waals surface area contributed by atoms with E-state index in [2.05, 4.69) is 53.3 Å². The molecule has 0 aromatic carbocycles. The number of hydrogen-bond donors (Lipinski definition) is 0. The molecular weight excluding hydrogens is 266 g/mol. The van der Waals surface area contributed by atoms with E-state index in [-0.39, 0.29) is 0 Å². The fourth-order valence-corrected chi connectivity index (χ4v) is 3.24. The maximum absolute atomic E-state index is 2.55. The van der Waals surface area contributed by atoms with Gasteiger partial charge in [-0.05, 0) is 50.9 Å². The third kappa shape index (κ3) is 11.6. The summed E-state index contributed by atoms with van der Waals surface area (Å²) in [5.41, 5.74) is 0. The zero-order valence-electron chi connectivity index (χ0n) is 16.5. The summed E-state index contributed by atoms with van der Waals surface area (Å²) in [7, 11) is 4.60. The Bertz CT molecular complexity index is 215. The molecule has 0 fully saturated rings. The summed E-state index contributed by atoms with van der Waals surface area (Å²) in [6.07, 6.45) is 10.9. The lowest BCUT2D eigenvalue weighted by Crippen LogP contribution is -2.37. The molecule has 0 aliphatic carbocycles. The summed E-state index contributed by atoms with van der Waals surface area (Å²) in [6, 6.07) is 0. The second-order valence-electron chi connectivity index (χ2n) is 7.36. The SMILES string of the molecule is BN(CCN(B)CC(CC)CCCC)CC(CC)CCCC. The van der Waals surface area contributed by atoms with E-state index < -0.39 is 0 Å². The quantitative estimate of drug-likeness (QED) is 0.429. The van der Waals surface area contributed by atoms with Gasteiger partial charge in [0.15, 0.2) is 16.0 Å². The van der Waals surface area contributed by atoms with Gasteiger partial charge in [0.25, 0.3) is 0 Å². The van der Waals surface area contributed by atoms with Gasteiger partial charge in [0, 0.05) is 0 Å². The minimum absolute atomic E-state index is 0.892. The average molecular weight is 308 g/mol. The second-order valence-corrected chi connectivity index (χ2v) is 7.36. The van der Waals surface area contributed by atoms with Gasteiger partial charge in [-0.15, -0.1) is 0 Å². The first-order valence-electron chi connectivity index (χ1n) is 9.94. The molecule has 0 heterocycles. The van der Waals surface area contributed by atoms with Crippen molar-refractivity contribution in [2.24, 2.45) is 11.8 Å². The molecule has 0 amide bonds. The topological polar surface area (TPSA) is 6.48 Å². The van der Waals surface area contributed by atoms with Crippen molar-refractivity contribution in [1.29, 1.82) is 0 Å². The number of nitrogens with zero attached hydrogens (tertiary/aromatic N) is 2. The van der Waals surface area contributed by atoms with Gasteiger partial charge >= 0.3 is 0 Å². The Morgan fingerprint density at radius 3 is 1.32 bits per heavy atom. The highest BCUT2D eigenvalue weighted by Crippen LogP contribution is 2.15. The summed E-state index contributed by atoms with van der Waals surface area (Å²) in [5, 5.41) is 0. The van der Waals surface area contributed by atoms with Crippen molar-refractivity contribution < 1.29 is 0 Å². The van der Waals surface area contributed by atoms with Crippen LogP contribution in [-0.4, -0.2) is 51.8 Å². The van der Waals surface area contributed by atoms with Crippen molar-refractivity contribution >= 4 is 16.0 Å². The first-order chi connectivity index (χ1) is 10.6. The fourth-order valence-electron chi connectivity index (χ4n) is 3.24. The van der Waals surface area contributed by atoms with Crippen LogP contribution in [0.2, 0.25) is 0 Å². The zero-order valence-corrected chi connectivity index (χ0v) is 16.5. The van der Waals surface area contributed by atoms with Gasteiger partial charge in [0.2, 0.25) is 0 Å². The number of rotatable bonds is 15. The molecule has 2 unspecified atom stereocenters. The summed E-state index contributed by atoms with van der Waals surface area (Å²) in [4.78, 5) is 5.10. The fraction of sp³-hybridized carbons (Fsp3) is 1.00. The number of unbranched alkanes of at least 4 members (excludes halogenated alkanes) is 2. The van der Waals surface area contributed by atoms with Crippen LogP contribution in [0.15, 0.2) is 0 Å². The first kappa shape index (κ1) is 22.0. The molecule has 0 aliphatic rings. The summed E-state index contributed by atoms with van der Waals surface area (Å²) in [6.45, 7) is 14.3. The molecule has 0 aromatic rings. The van der Waals surface area contributed by atoms with Crippen LogP contribution in [-0.2, 0) is 0 Å². The van der Waals surface area contributed by atoms with Crippen LogP contribution in [0.3, 0.4) is 0 Å². The predicted octanol–water partition coefficient (Wildman–Crippen LogP) is 3.12. The van der Waals surface area contributed by atoms with E-state index in [4.69, 9.17) is 0 Å². The van der Waals surface area contributed by atoms with Crippen molar-refractivity contribution in [1.82, 2.24) is 9.62 Å². The van der Waals surface area contributed by atoms with Crippen LogP contribution in [0.5, 0.6) is 0 Å². The Hall–Kier alpha value is 0.0499. The van der Waals surface area contributed by atoms with Crippen LogP contribution < -0.4 is 0 Å². The van der Waals surface area contributed by atoms with E-state index in [1.165, 1.54) is 77.5 Å². The predicted molar refractivity (Wildman–Crippen MR) is 107 cm³/mol. The van der Waals surface area contributed by atoms with Crippen molar-refractivity contribution in [2.45, 2.75) is 79.1 Å². The summed E-state index contributed by atoms with van der Waals surface area (Å²) < 4.78 is 0. The molecule has 2 nitrogen and oxygen atoms in total. The maximum atomic E-state index is 2.55. The van der Waals surface area contributed by atoms with Crippen LogP contribution in [0.25, 0.3) is 0 Å². The molecule has 0 saturated heterocycles. The minimum atomic E-state index is 0.892. The monoisotopic (exact) mass is 308 g/mol. The Kier molecular flexibility index (Phi) is 14.7. The highest BCUT2D eigenvalue weighted by atomic mass is 15.1. The summed E-state index contributed by atoms with van der Waals surface area (Å²) >= 11 is 0. The van der Waals surface area contributed by atoms with E-state index >= 15 is 0 Å². The van der Waals surface area contributed by atoms with Gasteiger partial charge < -0.3 is 9.62 Å². The molecule has 0 N–H and O–H groups in total. The molecule has 0 radical (unpaired) electrons.